The predicted octanol–water partition coefficient (Wildman–Crippen LogP) is 2.91. The van der Waals surface area contributed by atoms with Gasteiger partial charge in [-0.3, -0.25) is 4.79 Å². The van der Waals surface area contributed by atoms with Crippen molar-refractivity contribution in [3.8, 4) is 0 Å². The molecule has 0 aliphatic rings. The van der Waals surface area contributed by atoms with Crippen LogP contribution in [0.1, 0.15) is 58.8 Å². The predicted molar refractivity (Wildman–Crippen MR) is 73.6 cm³/mol. The summed E-state index contributed by atoms with van der Waals surface area (Å²) < 4.78 is 0.790. The lowest BCUT2D eigenvalue weighted by atomic mass is 10.1. The minimum absolute atomic E-state index is 0.210. The van der Waals surface area contributed by atoms with Crippen LogP contribution in [-0.4, -0.2) is 37.7 Å². The molecule has 0 rings (SSSR count). The van der Waals surface area contributed by atoms with Crippen LogP contribution in [0.3, 0.4) is 0 Å². The fourth-order valence-electron chi connectivity index (χ4n) is 1.99. The summed E-state index contributed by atoms with van der Waals surface area (Å²) in [5.41, 5.74) is 0. The summed E-state index contributed by atoms with van der Waals surface area (Å²) in [5, 5.41) is 3.13. The molecule has 1 N–H and O–H groups in total. The van der Waals surface area contributed by atoms with Crippen molar-refractivity contribution in [2.75, 3.05) is 21.1 Å². The van der Waals surface area contributed by atoms with Gasteiger partial charge in [0.2, 0.25) is 5.91 Å². The van der Waals surface area contributed by atoms with Gasteiger partial charge in [0.15, 0.2) is 6.17 Å². The number of rotatable bonds is 9. The summed E-state index contributed by atoms with van der Waals surface area (Å²) in [7, 11) is 6.36. The van der Waals surface area contributed by atoms with Crippen LogP contribution in [0.25, 0.3) is 0 Å². The van der Waals surface area contributed by atoms with E-state index in [1.807, 2.05) is 0 Å². The van der Waals surface area contributed by atoms with Crippen molar-refractivity contribution in [1.82, 2.24) is 5.32 Å². The van der Waals surface area contributed by atoms with E-state index in [-0.39, 0.29) is 12.1 Å². The molecule has 1 unspecified atom stereocenters. The van der Waals surface area contributed by atoms with Gasteiger partial charge in [-0.05, 0) is 6.42 Å². The monoisotopic (exact) mass is 243 g/mol. The SMILES string of the molecule is CCCCCCCC(=O)NC(CC)[N+](C)(C)C. The second-order valence-electron chi connectivity index (χ2n) is 5.77. The van der Waals surface area contributed by atoms with Gasteiger partial charge in [-0.25, -0.2) is 0 Å². The third kappa shape index (κ3) is 8.19. The minimum atomic E-state index is 0.210. The Morgan fingerprint density at radius 3 is 2.12 bits per heavy atom. The van der Waals surface area contributed by atoms with E-state index in [0.29, 0.717) is 6.42 Å². The van der Waals surface area contributed by atoms with Gasteiger partial charge in [0.1, 0.15) is 0 Å². The van der Waals surface area contributed by atoms with E-state index in [4.69, 9.17) is 0 Å². The van der Waals surface area contributed by atoms with Gasteiger partial charge in [-0.1, -0.05) is 39.5 Å². The summed E-state index contributed by atoms with van der Waals surface area (Å²) >= 11 is 0. The summed E-state index contributed by atoms with van der Waals surface area (Å²) in [5.74, 6) is 0.210. The Morgan fingerprint density at radius 1 is 1.06 bits per heavy atom. The Morgan fingerprint density at radius 2 is 1.65 bits per heavy atom. The van der Waals surface area contributed by atoms with Crippen LogP contribution in [-0.2, 0) is 4.79 Å². The standard InChI is InChI=1S/C14H30N2O/c1-6-8-9-10-11-12-14(17)15-13(7-2)16(3,4)5/h13H,6-12H2,1-5H3/p+1. The minimum Gasteiger partial charge on any atom is -0.311 e. The lowest BCUT2D eigenvalue weighted by Crippen LogP contribution is -2.54. The maximum atomic E-state index is 11.8. The number of unbranched alkanes of at least 4 members (excludes halogenated alkanes) is 4. The van der Waals surface area contributed by atoms with Crippen LogP contribution < -0.4 is 5.32 Å². The molecular formula is C14H31N2O+. The normalized spacial score (nSPS) is 13.5. The topological polar surface area (TPSA) is 29.1 Å². The van der Waals surface area contributed by atoms with Gasteiger partial charge in [0, 0.05) is 12.8 Å². The first-order chi connectivity index (χ1) is 7.91. The molecule has 3 nitrogen and oxygen atoms in total. The number of nitrogens with zero attached hydrogens (tertiary/aromatic N) is 1. The molecule has 0 aromatic rings. The van der Waals surface area contributed by atoms with Crippen molar-refractivity contribution in [3.05, 3.63) is 0 Å². The maximum absolute atomic E-state index is 11.8. The molecule has 0 aliphatic heterocycles. The molecule has 1 atom stereocenters. The van der Waals surface area contributed by atoms with Crippen LogP contribution in [0.2, 0.25) is 0 Å². The highest BCUT2D eigenvalue weighted by molar-refractivity contribution is 5.75. The molecule has 0 aromatic heterocycles. The molecule has 0 bridgehead atoms. The van der Waals surface area contributed by atoms with Crippen LogP contribution in [0, 0.1) is 0 Å². The van der Waals surface area contributed by atoms with E-state index in [1.54, 1.807) is 0 Å². The number of hydrogen-bond donors (Lipinski definition) is 1. The molecule has 17 heavy (non-hydrogen) atoms. The van der Waals surface area contributed by atoms with E-state index in [1.165, 1.54) is 25.7 Å². The van der Waals surface area contributed by atoms with Gasteiger partial charge in [0.05, 0.1) is 21.1 Å². The van der Waals surface area contributed by atoms with E-state index in [2.05, 4.69) is 40.3 Å². The number of hydrogen-bond acceptors (Lipinski definition) is 1. The maximum Gasteiger partial charge on any atom is 0.224 e. The van der Waals surface area contributed by atoms with E-state index in [9.17, 15) is 4.79 Å². The Labute approximate surface area is 107 Å². The summed E-state index contributed by atoms with van der Waals surface area (Å²) in [6, 6.07) is 0. The van der Waals surface area contributed by atoms with Gasteiger partial charge in [0.25, 0.3) is 0 Å². The molecule has 1 amide bonds. The van der Waals surface area contributed by atoms with Crippen molar-refractivity contribution in [3.63, 3.8) is 0 Å². The molecule has 3 heteroatoms. The zero-order chi connectivity index (χ0) is 13.3. The highest BCUT2D eigenvalue weighted by atomic mass is 16.1. The van der Waals surface area contributed by atoms with Crippen molar-refractivity contribution in [1.29, 1.82) is 0 Å². The quantitative estimate of drug-likeness (QED) is 0.376. The van der Waals surface area contributed by atoms with Crippen molar-refractivity contribution < 1.29 is 9.28 Å². The molecule has 0 radical (unpaired) electrons. The second kappa shape index (κ2) is 8.51. The van der Waals surface area contributed by atoms with E-state index >= 15 is 0 Å². The fourth-order valence-corrected chi connectivity index (χ4v) is 1.99. The van der Waals surface area contributed by atoms with E-state index < -0.39 is 0 Å². The Hall–Kier alpha value is -0.570. The third-order valence-corrected chi connectivity index (χ3v) is 3.16. The Balaban J connectivity index is 3.77. The summed E-state index contributed by atoms with van der Waals surface area (Å²) in [6.45, 7) is 4.33. The van der Waals surface area contributed by atoms with Crippen molar-refractivity contribution >= 4 is 5.91 Å². The molecule has 0 heterocycles. The second-order valence-corrected chi connectivity index (χ2v) is 5.77. The molecule has 0 fully saturated rings. The average molecular weight is 243 g/mol. The lowest BCUT2D eigenvalue weighted by molar-refractivity contribution is -0.898. The molecule has 0 spiro atoms. The van der Waals surface area contributed by atoms with Gasteiger partial charge in [-0.15, -0.1) is 0 Å². The van der Waals surface area contributed by atoms with Crippen LogP contribution in [0.5, 0.6) is 0 Å². The molecule has 0 aliphatic carbocycles. The highest BCUT2D eigenvalue weighted by Crippen LogP contribution is 2.07. The zero-order valence-corrected chi connectivity index (χ0v) is 12.4. The number of carbonyl (C=O) groups is 1. The largest absolute Gasteiger partial charge is 0.311 e. The first kappa shape index (κ1) is 16.4. The lowest BCUT2D eigenvalue weighted by Gasteiger charge is -2.33. The summed E-state index contributed by atoms with van der Waals surface area (Å²) in [6.07, 6.45) is 7.91. The van der Waals surface area contributed by atoms with Crippen molar-refractivity contribution in [2.45, 2.75) is 65.0 Å². The molecule has 0 saturated carbocycles. The number of nitrogens with one attached hydrogen (secondary N) is 1. The smallest absolute Gasteiger partial charge is 0.224 e. The first-order valence-corrected chi connectivity index (χ1v) is 7.02. The molecular weight excluding hydrogens is 212 g/mol. The number of carbonyl (C=O) groups excluding carboxylic acids is 1. The van der Waals surface area contributed by atoms with Crippen molar-refractivity contribution in [2.24, 2.45) is 0 Å². The molecule has 102 valence electrons. The molecule has 0 saturated heterocycles. The molecule has 0 aromatic carbocycles. The van der Waals surface area contributed by atoms with Gasteiger partial charge >= 0.3 is 0 Å². The van der Waals surface area contributed by atoms with Gasteiger partial charge < -0.3 is 9.80 Å². The third-order valence-electron chi connectivity index (χ3n) is 3.16. The average Bonchev–Trinajstić information content (AvgIpc) is 2.24. The first-order valence-electron chi connectivity index (χ1n) is 7.02. The Kier molecular flexibility index (Phi) is 8.23. The van der Waals surface area contributed by atoms with E-state index in [0.717, 1.165) is 17.3 Å². The van der Waals surface area contributed by atoms with Crippen LogP contribution in [0.15, 0.2) is 0 Å². The number of quaternary nitrogens is 1. The van der Waals surface area contributed by atoms with Crippen LogP contribution in [0.4, 0.5) is 0 Å². The number of amides is 1. The fraction of sp³-hybridized carbons (Fsp3) is 0.929. The summed E-state index contributed by atoms with van der Waals surface area (Å²) in [4.78, 5) is 11.8. The zero-order valence-electron chi connectivity index (χ0n) is 12.4. The van der Waals surface area contributed by atoms with Gasteiger partial charge in [-0.2, -0.15) is 0 Å². The van der Waals surface area contributed by atoms with Crippen LogP contribution >= 0.6 is 0 Å². The highest BCUT2D eigenvalue weighted by Gasteiger charge is 2.22. The Bertz CT molecular complexity index is 209.